The Morgan fingerprint density at radius 3 is 1.32 bits per heavy atom. The Morgan fingerprint density at radius 1 is 0.550 bits per heavy atom. The van der Waals surface area contributed by atoms with E-state index in [0.717, 1.165) is 50.1 Å². The molecule has 10 heteroatoms. The summed E-state index contributed by atoms with van der Waals surface area (Å²) >= 11 is 0. The molecule has 0 aliphatic carbocycles. The second kappa shape index (κ2) is 13.1. The van der Waals surface area contributed by atoms with Gasteiger partial charge in [0.05, 0.1) is 44.8 Å². The lowest BCUT2D eigenvalue weighted by Crippen LogP contribution is -3.00. The highest BCUT2D eigenvalue weighted by atomic mass is 19.4. The molecular formula is C30H28BF4NO4. The van der Waals surface area contributed by atoms with Crippen LogP contribution in [-0.2, 0) is 0 Å². The van der Waals surface area contributed by atoms with Gasteiger partial charge in [-0.25, -0.2) is 0 Å². The van der Waals surface area contributed by atoms with E-state index in [0.29, 0.717) is 11.5 Å². The number of halogens is 4. The number of nitrogens with zero attached hydrogens (tertiary/aromatic N) is 1. The van der Waals surface area contributed by atoms with Gasteiger partial charge in [-0.05, 0) is 31.2 Å². The molecule has 0 saturated heterocycles. The molecule has 5 aromatic rings. The van der Waals surface area contributed by atoms with Gasteiger partial charge in [-0.15, -0.1) is 0 Å². The molecule has 0 spiro atoms. The maximum absolute atomic E-state index is 9.67. The summed E-state index contributed by atoms with van der Waals surface area (Å²) in [6, 6.07) is 26.6. The molecule has 0 N–H and O–H groups in total. The number of pyridine rings is 1. The predicted octanol–water partition coefficient (Wildman–Crippen LogP) is 4.16. The second-order valence-electron chi connectivity index (χ2n) is 8.54. The van der Waals surface area contributed by atoms with Crippen molar-refractivity contribution in [2.45, 2.75) is 6.92 Å². The van der Waals surface area contributed by atoms with E-state index < -0.39 is 7.54 Å². The summed E-state index contributed by atoms with van der Waals surface area (Å²) in [7, 11) is 3.07. The van der Waals surface area contributed by atoms with Gasteiger partial charge in [0.25, 0.3) is 0 Å². The molecule has 40 heavy (non-hydrogen) atoms. The van der Waals surface area contributed by atoms with Crippen LogP contribution in [0.5, 0.6) is 23.0 Å². The third-order valence-electron chi connectivity index (χ3n) is 6.40. The van der Waals surface area contributed by atoms with Gasteiger partial charge in [-0.2, -0.15) is 4.57 Å². The van der Waals surface area contributed by atoms with Crippen LogP contribution in [0.2, 0.25) is 0 Å². The Labute approximate surface area is 230 Å². The lowest BCUT2D eigenvalue weighted by Gasteiger charge is -2.19. The molecule has 0 amide bonds. The number of aromatic nitrogens is 1. The molecule has 0 aliphatic rings. The van der Waals surface area contributed by atoms with E-state index in [1.54, 1.807) is 28.4 Å². The van der Waals surface area contributed by atoms with Gasteiger partial charge < -0.3 is 23.7 Å². The highest BCUT2D eigenvalue weighted by molar-refractivity contribution is 6.33. The fourth-order valence-electron chi connectivity index (χ4n) is 4.83. The van der Waals surface area contributed by atoms with E-state index >= 15 is 0 Å². The molecule has 4 aromatic carbocycles. The molecule has 1 heterocycles. The number of fused-ring (bicyclic) bond motifs is 2. The van der Waals surface area contributed by atoms with Gasteiger partial charge in [0.1, 0.15) is 23.0 Å². The number of methoxy groups -OCH3 is 4. The standard InChI is InChI=1S/C30H28NO4.BF3.FH/c1-19-15-17-20(18-16-19)31-21-9-6-11-23(32-2)27(21)30(28-22(31)10-7-12-24(28)33-3)29-25(34-4)13-8-14-26(29)35-5;2-1(3)4;/h6-18H,1-5H3;;1H/q+1;;/p-1. The molecular weight excluding hydrogens is 525 g/mol. The van der Waals surface area contributed by atoms with E-state index in [1.165, 1.54) is 5.56 Å². The molecule has 5 nitrogen and oxygen atoms in total. The maximum atomic E-state index is 9.67. The zero-order chi connectivity index (χ0) is 28.1. The van der Waals surface area contributed by atoms with Crippen LogP contribution in [0.1, 0.15) is 5.56 Å². The van der Waals surface area contributed by atoms with Crippen LogP contribution < -0.4 is 28.2 Å². The monoisotopic (exact) mass is 553 g/mol. The fraction of sp³-hybridized carbons (Fsp3) is 0.167. The lowest BCUT2D eigenvalue weighted by molar-refractivity contribution is -0.537. The molecule has 1 aromatic heterocycles. The van der Waals surface area contributed by atoms with E-state index in [9.17, 15) is 12.9 Å². The quantitative estimate of drug-likeness (QED) is 0.137. The third-order valence-corrected chi connectivity index (χ3v) is 6.40. The first-order valence-corrected chi connectivity index (χ1v) is 12.1. The number of hydrogen-bond donors (Lipinski definition) is 0. The Balaban J connectivity index is 0.000000828. The molecule has 208 valence electrons. The van der Waals surface area contributed by atoms with Gasteiger partial charge in [0, 0.05) is 29.8 Å². The minimum absolute atomic E-state index is 0. The van der Waals surface area contributed by atoms with Crippen molar-refractivity contribution in [1.82, 2.24) is 0 Å². The van der Waals surface area contributed by atoms with Crippen molar-refractivity contribution >= 4 is 29.3 Å². The summed E-state index contributed by atoms with van der Waals surface area (Å²) in [4.78, 5) is 0. The van der Waals surface area contributed by atoms with Crippen LogP contribution in [0.3, 0.4) is 0 Å². The average molecular weight is 553 g/mol. The number of hydrogen-bond acceptors (Lipinski definition) is 4. The zero-order valence-electron chi connectivity index (χ0n) is 22.7. The number of rotatable bonds is 6. The third kappa shape index (κ3) is 5.61. The Morgan fingerprint density at radius 2 is 0.925 bits per heavy atom. The van der Waals surface area contributed by atoms with Crippen LogP contribution in [0.25, 0.3) is 38.6 Å². The number of aryl methyl sites for hydroxylation is 1. The van der Waals surface area contributed by atoms with Crippen molar-refractivity contribution in [3.63, 3.8) is 0 Å². The Kier molecular flexibility index (Phi) is 9.82. The maximum Gasteiger partial charge on any atom is 0.762 e. The summed E-state index contributed by atoms with van der Waals surface area (Å²) in [5.74, 6) is 2.91. The van der Waals surface area contributed by atoms with E-state index in [4.69, 9.17) is 18.9 Å². The molecule has 0 aliphatic heterocycles. The summed E-state index contributed by atoms with van der Waals surface area (Å²) < 4.78 is 54.8. The molecule has 0 bridgehead atoms. The largest absolute Gasteiger partial charge is 1.00 e. The lowest BCUT2D eigenvalue weighted by atomic mass is 9.92. The van der Waals surface area contributed by atoms with Gasteiger partial charge >= 0.3 is 7.54 Å². The van der Waals surface area contributed by atoms with Gasteiger partial charge in [-0.3, -0.25) is 12.9 Å². The van der Waals surface area contributed by atoms with Crippen LogP contribution in [-0.4, -0.2) is 36.0 Å². The highest BCUT2D eigenvalue weighted by Gasteiger charge is 2.30. The number of ether oxygens (including phenoxy) is 4. The van der Waals surface area contributed by atoms with Gasteiger partial charge in [0.2, 0.25) is 16.7 Å². The first-order chi connectivity index (χ1) is 18.9. The summed E-state index contributed by atoms with van der Waals surface area (Å²) in [6.07, 6.45) is 0. The highest BCUT2D eigenvalue weighted by Crippen LogP contribution is 2.49. The zero-order valence-corrected chi connectivity index (χ0v) is 22.7. The topological polar surface area (TPSA) is 40.8 Å². The van der Waals surface area contributed by atoms with Crippen LogP contribution in [0, 0.1) is 6.92 Å². The van der Waals surface area contributed by atoms with Crippen LogP contribution in [0.4, 0.5) is 12.9 Å². The summed E-state index contributed by atoms with van der Waals surface area (Å²) in [5.41, 5.74) is 6.02. The van der Waals surface area contributed by atoms with Crippen molar-refractivity contribution in [2.75, 3.05) is 28.4 Å². The summed E-state index contributed by atoms with van der Waals surface area (Å²) in [5, 5.41) is 1.88. The molecule has 0 atom stereocenters. The molecule has 0 radical (unpaired) electrons. The first kappa shape index (κ1) is 30.1. The molecule has 0 saturated carbocycles. The Hall–Kier alpha value is -4.47. The van der Waals surface area contributed by atoms with Crippen molar-refractivity contribution in [1.29, 1.82) is 0 Å². The first-order valence-electron chi connectivity index (χ1n) is 12.1. The minimum Gasteiger partial charge on any atom is -1.00 e. The number of benzene rings is 4. The van der Waals surface area contributed by atoms with Crippen LogP contribution >= 0.6 is 0 Å². The minimum atomic E-state index is -3.67. The van der Waals surface area contributed by atoms with Crippen molar-refractivity contribution in [3.8, 4) is 39.8 Å². The van der Waals surface area contributed by atoms with E-state index in [2.05, 4.69) is 47.9 Å². The normalized spacial score (nSPS) is 10.3. The van der Waals surface area contributed by atoms with Gasteiger partial charge in [0.15, 0.2) is 0 Å². The van der Waals surface area contributed by atoms with Crippen molar-refractivity contribution in [3.05, 3.63) is 84.4 Å². The SMILES string of the molecule is COc1cccc(OC)c1-c1c2c(OC)cccc2[n+](-c2ccc(C)cc2)c2cccc(OC)c12.FB(F)F.[F-]. The Bertz CT molecular complexity index is 1520. The molecule has 5 rings (SSSR count). The summed E-state index contributed by atoms with van der Waals surface area (Å²) in [6.45, 7) is 2.09. The van der Waals surface area contributed by atoms with Gasteiger partial charge in [-0.1, -0.05) is 35.9 Å². The second-order valence-corrected chi connectivity index (χ2v) is 8.54. The molecule has 0 fully saturated rings. The smallest absolute Gasteiger partial charge is 0.762 e. The fourth-order valence-corrected chi connectivity index (χ4v) is 4.83. The molecule has 0 unspecified atom stereocenters. The van der Waals surface area contributed by atoms with E-state index in [1.807, 2.05) is 42.5 Å². The van der Waals surface area contributed by atoms with Crippen molar-refractivity contribution in [2.24, 2.45) is 0 Å². The van der Waals surface area contributed by atoms with Crippen LogP contribution in [0.15, 0.2) is 78.9 Å². The predicted molar refractivity (Wildman–Crippen MR) is 148 cm³/mol. The van der Waals surface area contributed by atoms with Crippen molar-refractivity contribution < 1.29 is 41.2 Å². The average Bonchev–Trinajstić information content (AvgIpc) is 2.95. The van der Waals surface area contributed by atoms with E-state index in [-0.39, 0.29) is 4.70 Å².